The van der Waals surface area contributed by atoms with E-state index in [4.69, 9.17) is 0 Å². The van der Waals surface area contributed by atoms with Gasteiger partial charge < -0.3 is 4.90 Å². The number of benzene rings is 6. The Morgan fingerprint density at radius 1 is 0.463 bits per heavy atom. The highest BCUT2D eigenvalue weighted by molar-refractivity contribution is 6.96. The Bertz CT molecular complexity index is 2150. The van der Waals surface area contributed by atoms with E-state index in [9.17, 15) is 0 Å². The molecule has 2 unspecified atom stereocenters. The molecule has 0 radical (unpaired) electrons. The van der Waals surface area contributed by atoms with Gasteiger partial charge in [0.25, 0.3) is 0 Å². The number of rotatable bonds is 8. The molecule has 0 aliphatic heterocycles. The first-order valence-corrected chi connectivity index (χ1v) is 20.4. The normalized spacial score (nSPS) is 22.7. The van der Waals surface area contributed by atoms with Gasteiger partial charge in [0.15, 0.2) is 0 Å². The highest BCUT2D eigenvalue weighted by Crippen LogP contribution is 2.66. The SMILES string of the molecule is Cc1cc(C)c(B(c2ccc(C34CC5CC(C3)CC(c3ccc(N(c6ccccc6)c6ccccc6)cc3)(C5)C4)cc2)c2c(C)cc(C)cc2C)c(C)c1. The van der Waals surface area contributed by atoms with Crippen LogP contribution in [0, 0.1) is 53.4 Å². The number of para-hydroxylation sites is 2. The minimum Gasteiger partial charge on any atom is -0.311 e. The van der Waals surface area contributed by atoms with Gasteiger partial charge in [-0.2, -0.15) is 0 Å². The number of anilines is 3. The molecule has 4 aliphatic rings. The summed E-state index contributed by atoms with van der Waals surface area (Å²) in [5, 5.41) is 0. The highest BCUT2D eigenvalue weighted by Gasteiger charge is 2.58. The Kier molecular flexibility index (Phi) is 8.72. The molecule has 4 bridgehead atoms. The summed E-state index contributed by atoms with van der Waals surface area (Å²) in [5.41, 5.74) is 19.9. The van der Waals surface area contributed by atoms with Crippen molar-refractivity contribution in [3.05, 3.63) is 178 Å². The minimum absolute atomic E-state index is 0.216. The van der Waals surface area contributed by atoms with Crippen molar-refractivity contribution in [3.63, 3.8) is 0 Å². The summed E-state index contributed by atoms with van der Waals surface area (Å²) in [6.45, 7) is 13.9. The summed E-state index contributed by atoms with van der Waals surface area (Å²) in [7, 11) is 0. The smallest absolute Gasteiger partial charge is 0.242 e. The Balaban J connectivity index is 1.07. The van der Waals surface area contributed by atoms with Gasteiger partial charge in [-0.1, -0.05) is 147 Å². The molecule has 0 N–H and O–H groups in total. The Morgan fingerprint density at radius 2 is 0.833 bits per heavy atom. The first-order valence-electron chi connectivity index (χ1n) is 20.4. The second kappa shape index (κ2) is 13.5. The van der Waals surface area contributed by atoms with Crippen LogP contribution < -0.4 is 21.3 Å². The van der Waals surface area contributed by atoms with Crippen molar-refractivity contribution in [2.24, 2.45) is 11.8 Å². The summed E-state index contributed by atoms with van der Waals surface area (Å²) in [6.07, 6.45) is 8.04. The molecule has 54 heavy (non-hydrogen) atoms. The van der Waals surface area contributed by atoms with Crippen LogP contribution in [0.25, 0.3) is 0 Å². The molecule has 270 valence electrons. The maximum atomic E-state index is 2.56. The monoisotopic (exact) mass is 703 g/mol. The first-order chi connectivity index (χ1) is 26.1. The number of hydrogen-bond acceptors (Lipinski definition) is 1. The van der Waals surface area contributed by atoms with E-state index in [2.05, 4.69) is 180 Å². The van der Waals surface area contributed by atoms with Crippen LogP contribution in [0.5, 0.6) is 0 Å². The molecule has 0 saturated heterocycles. The zero-order chi connectivity index (χ0) is 37.2. The molecule has 0 spiro atoms. The van der Waals surface area contributed by atoms with Gasteiger partial charge in [-0.05, 0) is 150 Å². The average Bonchev–Trinajstić information content (AvgIpc) is 3.14. The molecule has 2 heteroatoms. The molecule has 1 nitrogen and oxygen atoms in total. The van der Waals surface area contributed by atoms with Gasteiger partial charge in [-0.3, -0.25) is 0 Å². The van der Waals surface area contributed by atoms with Crippen LogP contribution >= 0.6 is 0 Å². The quantitative estimate of drug-likeness (QED) is 0.143. The van der Waals surface area contributed by atoms with Crippen LogP contribution in [0.1, 0.15) is 83.0 Å². The molecule has 0 aromatic heterocycles. The molecule has 4 fully saturated rings. The molecule has 0 heterocycles. The topological polar surface area (TPSA) is 3.24 Å². The Labute approximate surface area is 324 Å². The van der Waals surface area contributed by atoms with Crippen LogP contribution in [0.2, 0.25) is 0 Å². The number of nitrogens with zero attached hydrogens (tertiary/aromatic N) is 1. The van der Waals surface area contributed by atoms with Gasteiger partial charge >= 0.3 is 0 Å². The van der Waals surface area contributed by atoms with Gasteiger partial charge in [-0.25, -0.2) is 0 Å². The number of aryl methyl sites for hydroxylation is 6. The van der Waals surface area contributed by atoms with Crippen molar-refractivity contribution in [1.29, 1.82) is 0 Å². The third-order valence-electron chi connectivity index (χ3n) is 13.7. The fourth-order valence-corrected chi connectivity index (χ4v) is 12.3. The van der Waals surface area contributed by atoms with Crippen molar-refractivity contribution < 1.29 is 0 Å². The average molecular weight is 704 g/mol. The van der Waals surface area contributed by atoms with Crippen molar-refractivity contribution in [3.8, 4) is 0 Å². The lowest BCUT2D eigenvalue weighted by Crippen LogP contribution is -2.57. The molecule has 2 atom stereocenters. The van der Waals surface area contributed by atoms with E-state index < -0.39 is 0 Å². The lowest BCUT2D eigenvalue weighted by Gasteiger charge is -2.63. The molecular weight excluding hydrogens is 649 g/mol. The molecule has 0 amide bonds. The summed E-state index contributed by atoms with van der Waals surface area (Å²) in [5.74, 6) is 1.61. The standard InChI is InChI=1S/C52H54BN/c1-35-25-37(3)49(38(4)26-35)53(50-39(5)27-36(2)28-40(50)6)45-21-17-43(18-22-45)51-30-41-29-42(31-51)33-52(32-41,34-51)44-19-23-48(24-20-44)54(46-13-9-7-10-14-46)47-15-11-8-12-16-47/h7-28,41-42H,29-34H2,1-6H3. The van der Waals surface area contributed by atoms with E-state index in [-0.39, 0.29) is 17.5 Å². The van der Waals surface area contributed by atoms with Gasteiger partial charge in [0.1, 0.15) is 0 Å². The summed E-state index contributed by atoms with van der Waals surface area (Å²) in [4.78, 5) is 2.39. The van der Waals surface area contributed by atoms with Crippen LogP contribution in [-0.4, -0.2) is 6.71 Å². The zero-order valence-corrected chi connectivity index (χ0v) is 33.1. The predicted molar refractivity (Wildman–Crippen MR) is 232 cm³/mol. The summed E-state index contributed by atoms with van der Waals surface area (Å²) in [6, 6.07) is 51.0. The number of hydrogen-bond donors (Lipinski definition) is 0. The van der Waals surface area contributed by atoms with Crippen LogP contribution in [-0.2, 0) is 10.8 Å². The molecule has 6 aromatic carbocycles. The molecule has 10 rings (SSSR count). The van der Waals surface area contributed by atoms with E-state index in [1.165, 1.54) is 105 Å². The summed E-state index contributed by atoms with van der Waals surface area (Å²) < 4.78 is 0. The van der Waals surface area contributed by atoms with E-state index >= 15 is 0 Å². The van der Waals surface area contributed by atoms with E-state index in [1.807, 2.05) is 0 Å². The van der Waals surface area contributed by atoms with Gasteiger partial charge in [0.05, 0.1) is 0 Å². The second-order valence-electron chi connectivity index (χ2n) is 17.8. The third kappa shape index (κ3) is 6.03. The Morgan fingerprint density at radius 3 is 1.24 bits per heavy atom. The maximum Gasteiger partial charge on any atom is 0.242 e. The van der Waals surface area contributed by atoms with E-state index in [0.717, 1.165) is 11.8 Å². The molecule has 4 aliphatic carbocycles. The minimum atomic E-state index is 0.216. The fraction of sp³-hybridized carbons (Fsp3) is 0.308. The van der Waals surface area contributed by atoms with Gasteiger partial charge in [0, 0.05) is 17.1 Å². The Hall–Kier alpha value is -4.82. The van der Waals surface area contributed by atoms with E-state index in [0.29, 0.717) is 0 Å². The van der Waals surface area contributed by atoms with Crippen molar-refractivity contribution in [1.82, 2.24) is 0 Å². The fourth-order valence-electron chi connectivity index (χ4n) is 12.3. The molecular formula is C52H54BN. The summed E-state index contributed by atoms with van der Waals surface area (Å²) >= 11 is 0. The van der Waals surface area contributed by atoms with Crippen molar-refractivity contribution >= 4 is 40.2 Å². The van der Waals surface area contributed by atoms with Gasteiger partial charge in [-0.15, -0.1) is 0 Å². The lowest BCUT2D eigenvalue weighted by atomic mass is 9.34. The highest BCUT2D eigenvalue weighted by atomic mass is 15.1. The van der Waals surface area contributed by atoms with Crippen LogP contribution in [0.4, 0.5) is 17.1 Å². The van der Waals surface area contributed by atoms with Crippen LogP contribution in [0.3, 0.4) is 0 Å². The maximum absolute atomic E-state index is 2.56. The molecule has 6 aromatic rings. The van der Waals surface area contributed by atoms with E-state index in [1.54, 1.807) is 11.1 Å². The lowest BCUT2D eigenvalue weighted by molar-refractivity contribution is -0.0281. The largest absolute Gasteiger partial charge is 0.311 e. The first kappa shape index (κ1) is 34.9. The predicted octanol–water partition coefficient (Wildman–Crippen LogP) is 11.3. The second-order valence-corrected chi connectivity index (χ2v) is 17.8. The van der Waals surface area contributed by atoms with Crippen molar-refractivity contribution in [2.45, 2.75) is 90.9 Å². The van der Waals surface area contributed by atoms with Crippen LogP contribution in [0.15, 0.2) is 133 Å². The zero-order valence-electron chi connectivity index (χ0n) is 33.1. The third-order valence-corrected chi connectivity index (χ3v) is 13.7. The van der Waals surface area contributed by atoms with Gasteiger partial charge in [0.2, 0.25) is 6.71 Å². The molecule has 4 saturated carbocycles. The van der Waals surface area contributed by atoms with Crippen molar-refractivity contribution in [2.75, 3.05) is 4.90 Å².